The van der Waals surface area contributed by atoms with Crippen molar-refractivity contribution >= 4 is 17.7 Å². The lowest BCUT2D eigenvalue weighted by molar-refractivity contribution is 0.883. The fourth-order valence-electron chi connectivity index (χ4n) is 7.18. The predicted molar refractivity (Wildman–Crippen MR) is 210 cm³/mol. The van der Waals surface area contributed by atoms with Gasteiger partial charge < -0.3 is 5.32 Å². The van der Waals surface area contributed by atoms with Crippen molar-refractivity contribution in [2.24, 2.45) is 4.99 Å². The van der Waals surface area contributed by atoms with Gasteiger partial charge in [0.1, 0.15) is 0 Å². The molecule has 246 valence electrons. The number of nitrogens with zero attached hydrogens (tertiary/aromatic N) is 1. The van der Waals surface area contributed by atoms with Gasteiger partial charge in [-0.15, -0.1) is 0 Å². The van der Waals surface area contributed by atoms with E-state index in [0.717, 1.165) is 11.4 Å². The molecule has 0 amide bonds. The van der Waals surface area contributed by atoms with Gasteiger partial charge in [0.05, 0.1) is 12.0 Å². The van der Waals surface area contributed by atoms with Gasteiger partial charge in [-0.05, 0) is 58.4 Å². The minimum absolute atomic E-state index is 0.177. The van der Waals surface area contributed by atoms with Gasteiger partial charge in [-0.25, -0.2) is 4.99 Å². The number of nitrogens with one attached hydrogen (secondary N) is 1. The lowest BCUT2D eigenvalue weighted by atomic mass is 9.84. The van der Waals surface area contributed by atoms with Crippen LogP contribution in [0.3, 0.4) is 0 Å². The van der Waals surface area contributed by atoms with Crippen LogP contribution in [0.25, 0.3) is 0 Å². The van der Waals surface area contributed by atoms with Gasteiger partial charge in [0.25, 0.3) is 0 Å². The summed E-state index contributed by atoms with van der Waals surface area (Å²) in [4.78, 5) is 5.37. The van der Waals surface area contributed by atoms with E-state index in [-0.39, 0.29) is 23.7 Å². The normalized spacial score (nSPS) is 13.9. The second kappa shape index (κ2) is 15.3. The number of anilines is 1. The zero-order valence-electron chi connectivity index (χ0n) is 29.7. The topological polar surface area (TPSA) is 24.4 Å². The van der Waals surface area contributed by atoms with E-state index < -0.39 is 0 Å². The molecule has 0 aliphatic heterocycles. The monoisotopic (exact) mass is 640 g/mol. The molecule has 6 aromatic carbocycles. The van der Waals surface area contributed by atoms with Crippen LogP contribution in [0.15, 0.2) is 151 Å². The highest BCUT2D eigenvalue weighted by molar-refractivity contribution is 5.83. The Morgan fingerprint density at radius 1 is 0.429 bits per heavy atom. The summed E-state index contributed by atoms with van der Waals surface area (Å²) < 4.78 is 0. The fourth-order valence-corrected chi connectivity index (χ4v) is 7.18. The van der Waals surface area contributed by atoms with Gasteiger partial charge in [-0.2, -0.15) is 0 Å². The minimum Gasteiger partial charge on any atom is -0.346 e. The highest BCUT2D eigenvalue weighted by atomic mass is 15.0. The summed E-state index contributed by atoms with van der Waals surface area (Å²) in [5.41, 5.74) is 14.9. The van der Waals surface area contributed by atoms with E-state index >= 15 is 0 Å². The summed E-state index contributed by atoms with van der Waals surface area (Å²) in [7, 11) is 0. The Bertz CT molecular complexity index is 1860. The molecule has 0 aromatic heterocycles. The molecule has 2 nitrogen and oxygen atoms in total. The number of aliphatic imine (C=N–C) groups is 1. The molecule has 0 unspecified atom stereocenters. The summed E-state index contributed by atoms with van der Waals surface area (Å²) in [6.45, 7) is 13.6. The van der Waals surface area contributed by atoms with Crippen LogP contribution >= 0.6 is 0 Å². The van der Waals surface area contributed by atoms with Crippen molar-refractivity contribution in [2.75, 3.05) is 5.32 Å². The third-order valence-corrected chi connectivity index (χ3v) is 10.1. The van der Waals surface area contributed by atoms with Crippen LogP contribution < -0.4 is 5.32 Å². The van der Waals surface area contributed by atoms with Crippen molar-refractivity contribution in [3.05, 3.63) is 201 Å². The highest BCUT2D eigenvalue weighted by Gasteiger charge is 2.23. The molecular formula is C47H48N2. The summed E-state index contributed by atoms with van der Waals surface area (Å²) in [5.74, 6) is 0.745. The first-order valence-electron chi connectivity index (χ1n) is 17.6. The van der Waals surface area contributed by atoms with E-state index in [2.05, 4.69) is 192 Å². The van der Waals surface area contributed by atoms with Crippen LogP contribution in [0.1, 0.15) is 107 Å². The quantitative estimate of drug-likeness (QED) is 0.111. The average molecular weight is 641 g/mol. The van der Waals surface area contributed by atoms with Crippen molar-refractivity contribution in [3.63, 3.8) is 0 Å². The molecule has 6 aromatic rings. The Morgan fingerprint density at radius 3 is 1.04 bits per heavy atom. The zero-order chi connectivity index (χ0) is 34.3. The maximum Gasteiger partial charge on any atom is 0.0930 e. The van der Waals surface area contributed by atoms with Gasteiger partial charge in [-0.3, -0.25) is 0 Å². The van der Waals surface area contributed by atoms with Crippen molar-refractivity contribution in [3.8, 4) is 0 Å². The SMILES string of the molecule is Cc1cc([C@H](C)c2ccccc2)c(N=CNc2c([C@H](C)c3ccccc3)cc(C)cc2[C@H](C)c2ccccc2)c([C@H](C)c2ccccc2)c1. The first kappa shape index (κ1) is 33.7. The lowest BCUT2D eigenvalue weighted by Gasteiger charge is -2.25. The maximum atomic E-state index is 5.37. The zero-order valence-corrected chi connectivity index (χ0v) is 29.7. The maximum absolute atomic E-state index is 5.37. The molecule has 0 fully saturated rings. The fraction of sp³-hybridized carbons (Fsp3) is 0.213. The molecule has 0 saturated heterocycles. The van der Waals surface area contributed by atoms with E-state index in [4.69, 9.17) is 4.99 Å². The summed E-state index contributed by atoms with van der Waals surface area (Å²) >= 11 is 0. The molecule has 0 aliphatic carbocycles. The van der Waals surface area contributed by atoms with Gasteiger partial charge in [-0.1, -0.05) is 184 Å². The van der Waals surface area contributed by atoms with Crippen LogP contribution in [0.2, 0.25) is 0 Å². The standard InChI is InChI=1S/C47H48N2/c1-32-27-42(34(3)38-19-11-7-12-20-38)46(43(28-32)35(4)39-21-13-8-14-22-39)48-31-49-47-44(36(5)40-23-15-9-16-24-40)29-33(2)30-45(47)37(6)41-25-17-10-18-26-41/h7-31,34-37H,1-6H3,(H,48,49)/t34-,35-,36-,37-/m1/s1. The van der Waals surface area contributed by atoms with Crippen molar-refractivity contribution < 1.29 is 0 Å². The molecule has 2 heteroatoms. The van der Waals surface area contributed by atoms with E-state index in [0.29, 0.717) is 0 Å². The second-order valence-electron chi connectivity index (χ2n) is 13.5. The largest absolute Gasteiger partial charge is 0.346 e. The third kappa shape index (κ3) is 7.60. The van der Waals surface area contributed by atoms with Crippen LogP contribution in [-0.4, -0.2) is 6.34 Å². The molecule has 0 radical (unpaired) electrons. The molecule has 0 bridgehead atoms. The first-order chi connectivity index (χ1) is 23.8. The van der Waals surface area contributed by atoms with Crippen molar-refractivity contribution in [1.82, 2.24) is 0 Å². The number of benzene rings is 6. The number of hydrogen-bond acceptors (Lipinski definition) is 1. The van der Waals surface area contributed by atoms with Crippen molar-refractivity contribution in [2.45, 2.75) is 65.2 Å². The molecule has 1 N–H and O–H groups in total. The number of aryl methyl sites for hydroxylation is 2. The van der Waals surface area contributed by atoms with Gasteiger partial charge in [0.15, 0.2) is 0 Å². The molecule has 0 spiro atoms. The first-order valence-corrected chi connectivity index (χ1v) is 17.6. The third-order valence-electron chi connectivity index (χ3n) is 10.1. The number of rotatable bonds is 11. The van der Waals surface area contributed by atoms with E-state index in [9.17, 15) is 0 Å². The predicted octanol–water partition coefficient (Wildman–Crippen LogP) is 12.7. The second-order valence-corrected chi connectivity index (χ2v) is 13.5. The Labute approximate surface area is 293 Å². The molecule has 0 aliphatic rings. The smallest absolute Gasteiger partial charge is 0.0930 e. The number of hydrogen-bond donors (Lipinski definition) is 1. The van der Waals surface area contributed by atoms with Crippen LogP contribution in [0, 0.1) is 13.8 Å². The van der Waals surface area contributed by atoms with Gasteiger partial charge >= 0.3 is 0 Å². The Hall–Kier alpha value is -5.21. The average Bonchev–Trinajstić information content (AvgIpc) is 3.15. The molecule has 4 atom stereocenters. The molecule has 49 heavy (non-hydrogen) atoms. The van der Waals surface area contributed by atoms with Crippen molar-refractivity contribution in [1.29, 1.82) is 0 Å². The summed E-state index contributed by atoms with van der Waals surface area (Å²) in [6.07, 6.45) is 1.94. The Kier molecular flexibility index (Phi) is 10.5. The molecule has 0 saturated carbocycles. The van der Waals surface area contributed by atoms with Crippen LogP contribution in [0.4, 0.5) is 11.4 Å². The van der Waals surface area contributed by atoms with Crippen LogP contribution in [-0.2, 0) is 0 Å². The van der Waals surface area contributed by atoms with Gasteiger partial charge in [0.2, 0.25) is 0 Å². The summed E-state index contributed by atoms with van der Waals surface area (Å²) in [5, 5.41) is 3.79. The minimum atomic E-state index is 0.177. The van der Waals surface area contributed by atoms with E-state index in [1.807, 2.05) is 6.34 Å². The van der Waals surface area contributed by atoms with Crippen LogP contribution in [0.5, 0.6) is 0 Å². The molecule has 0 heterocycles. The Balaban J connectivity index is 1.49. The summed E-state index contributed by atoms with van der Waals surface area (Å²) in [6, 6.07) is 52.5. The highest BCUT2D eigenvalue weighted by Crippen LogP contribution is 2.42. The lowest BCUT2D eigenvalue weighted by Crippen LogP contribution is -2.10. The Morgan fingerprint density at radius 2 is 0.714 bits per heavy atom. The molecule has 6 rings (SSSR count). The van der Waals surface area contributed by atoms with E-state index in [1.165, 1.54) is 55.6 Å². The van der Waals surface area contributed by atoms with Gasteiger partial charge in [0, 0.05) is 29.4 Å². The molecular weight excluding hydrogens is 593 g/mol. The van der Waals surface area contributed by atoms with E-state index in [1.54, 1.807) is 0 Å².